The van der Waals surface area contributed by atoms with Crippen LogP contribution in [-0.4, -0.2) is 13.3 Å². The molecule has 0 unspecified atom stereocenters. The number of anilines is 1. The van der Waals surface area contributed by atoms with Crippen molar-refractivity contribution in [3.63, 3.8) is 0 Å². The third-order valence-corrected chi connectivity index (χ3v) is 3.91. The van der Waals surface area contributed by atoms with Crippen LogP contribution in [0.2, 0.25) is 0 Å². The SMILES string of the molecule is COc1ccc2ccccc2c1/C=N\Nc1ccc(Br)cc1. The summed E-state index contributed by atoms with van der Waals surface area (Å²) in [5.74, 6) is 0.806. The van der Waals surface area contributed by atoms with Gasteiger partial charge in [-0.3, -0.25) is 5.43 Å². The Morgan fingerprint density at radius 2 is 1.77 bits per heavy atom. The van der Waals surface area contributed by atoms with E-state index < -0.39 is 0 Å². The van der Waals surface area contributed by atoms with E-state index in [-0.39, 0.29) is 0 Å². The molecule has 0 saturated heterocycles. The second-order valence-electron chi connectivity index (χ2n) is 4.78. The quantitative estimate of drug-likeness (QED) is 0.524. The van der Waals surface area contributed by atoms with Gasteiger partial charge in [0.25, 0.3) is 0 Å². The van der Waals surface area contributed by atoms with Crippen LogP contribution in [0.1, 0.15) is 5.56 Å². The van der Waals surface area contributed by atoms with Gasteiger partial charge in [0, 0.05) is 10.0 Å². The van der Waals surface area contributed by atoms with Crippen LogP contribution in [0.3, 0.4) is 0 Å². The number of ether oxygens (including phenoxy) is 1. The van der Waals surface area contributed by atoms with Crippen molar-refractivity contribution in [1.29, 1.82) is 0 Å². The zero-order valence-electron chi connectivity index (χ0n) is 12.1. The number of methoxy groups -OCH3 is 1. The summed E-state index contributed by atoms with van der Waals surface area (Å²) in [6, 6.07) is 20.1. The van der Waals surface area contributed by atoms with Crippen LogP contribution in [0.5, 0.6) is 5.75 Å². The zero-order chi connectivity index (χ0) is 15.4. The molecule has 0 aliphatic rings. The van der Waals surface area contributed by atoms with Crippen molar-refractivity contribution in [1.82, 2.24) is 0 Å². The Kier molecular flexibility index (Phi) is 4.39. The molecule has 0 spiro atoms. The first-order valence-corrected chi connectivity index (χ1v) is 7.67. The van der Waals surface area contributed by atoms with Crippen LogP contribution >= 0.6 is 15.9 Å². The minimum absolute atomic E-state index is 0.806. The maximum atomic E-state index is 5.45. The molecule has 0 aromatic heterocycles. The Hall–Kier alpha value is -2.33. The highest BCUT2D eigenvalue weighted by atomic mass is 79.9. The summed E-state index contributed by atoms with van der Waals surface area (Å²) in [6.07, 6.45) is 1.79. The summed E-state index contributed by atoms with van der Waals surface area (Å²) in [4.78, 5) is 0. The largest absolute Gasteiger partial charge is 0.496 e. The molecule has 4 heteroatoms. The van der Waals surface area contributed by atoms with Gasteiger partial charge >= 0.3 is 0 Å². The molecule has 3 aromatic rings. The summed E-state index contributed by atoms with van der Waals surface area (Å²) < 4.78 is 6.49. The fourth-order valence-corrected chi connectivity index (χ4v) is 2.55. The average molecular weight is 355 g/mol. The Bertz CT molecular complexity index is 813. The number of hydrazone groups is 1. The molecular weight excluding hydrogens is 340 g/mol. The van der Waals surface area contributed by atoms with Crippen molar-refractivity contribution in [3.8, 4) is 5.75 Å². The van der Waals surface area contributed by atoms with E-state index in [0.717, 1.165) is 32.2 Å². The zero-order valence-corrected chi connectivity index (χ0v) is 13.7. The van der Waals surface area contributed by atoms with E-state index >= 15 is 0 Å². The van der Waals surface area contributed by atoms with Gasteiger partial charge in [0.1, 0.15) is 5.75 Å². The lowest BCUT2D eigenvalue weighted by Gasteiger charge is -2.08. The Morgan fingerprint density at radius 1 is 1.00 bits per heavy atom. The van der Waals surface area contributed by atoms with Crippen LogP contribution in [-0.2, 0) is 0 Å². The van der Waals surface area contributed by atoms with Crippen LogP contribution in [0, 0.1) is 0 Å². The second-order valence-corrected chi connectivity index (χ2v) is 5.70. The van der Waals surface area contributed by atoms with Crippen molar-refractivity contribution in [3.05, 3.63) is 70.7 Å². The lowest BCUT2D eigenvalue weighted by atomic mass is 10.0. The number of nitrogens with zero attached hydrogens (tertiary/aromatic N) is 1. The monoisotopic (exact) mass is 354 g/mol. The van der Waals surface area contributed by atoms with Crippen molar-refractivity contribution in [2.24, 2.45) is 5.10 Å². The van der Waals surface area contributed by atoms with Gasteiger partial charge in [0.05, 0.1) is 19.0 Å². The van der Waals surface area contributed by atoms with Gasteiger partial charge in [-0.1, -0.05) is 46.3 Å². The van der Waals surface area contributed by atoms with Crippen molar-refractivity contribution < 1.29 is 4.74 Å². The summed E-state index contributed by atoms with van der Waals surface area (Å²) in [6.45, 7) is 0. The molecule has 0 atom stereocenters. The maximum absolute atomic E-state index is 5.45. The maximum Gasteiger partial charge on any atom is 0.128 e. The predicted octanol–water partition coefficient (Wildman–Crippen LogP) is 5.06. The number of nitrogens with one attached hydrogen (secondary N) is 1. The van der Waals surface area contributed by atoms with Gasteiger partial charge in [-0.25, -0.2) is 0 Å². The lowest BCUT2D eigenvalue weighted by molar-refractivity contribution is 0.415. The minimum Gasteiger partial charge on any atom is -0.496 e. The van der Waals surface area contributed by atoms with Crippen molar-refractivity contribution in [2.45, 2.75) is 0 Å². The van der Waals surface area contributed by atoms with E-state index in [1.54, 1.807) is 13.3 Å². The Labute approximate surface area is 137 Å². The minimum atomic E-state index is 0.806. The topological polar surface area (TPSA) is 33.6 Å². The molecule has 110 valence electrons. The number of benzene rings is 3. The molecule has 0 aliphatic heterocycles. The van der Waals surface area contributed by atoms with Crippen LogP contribution in [0.25, 0.3) is 10.8 Å². The number of hydrogen-bond acceptors (Lipinski definition) is 3. The first kappa shape index (κ1) is 14.6. The van der Waals surface area contributed by atoms with E-state index in [1.165, 1.54) is 0 Å². The first-order valence-electron chi connectivity index (χ1n) is 6.88. The van der Waals surface area contributed by atoms with Crippen LogP contribution in [0.4, 0.5) is 5.69 Å². The molecule has 0 fully saturated rings. The normalized spacial score (nSPS) is 11.0. The number of hydrogen-bond donors (Lipinski definition) is 1. The summed E-state index contributed by atoms with van der Waals surface area (Å²) in [5, 5.41) is 6.60. The van der Waals surface area contributed by atoms with Crippen molar-refractivity contribution >= 4 is 38.6 Å². The molecule has 0 aliphatic carbocycles. The highest BCUT2D eigenvalue weighted by Gasteiger charge is 2.05. The standard InChI is InChI=1S/C18H15BrN2O/c1-22-18-11-6-13-4-2-3-5-16(13)17(18)12-20-21-15-9-7-14(19)8-10-15/h2-12,21H,1H3/b20-12-. The van der Waals surface area contributed by atoms with E-state index in [4.69, 9.17) is 4.74 Å². The van der Waals surface area contributed by atoms with E-state index in [2.05, 4.69) is 38.6 Å². The summed E-state index contributed by atoms with van der Waals surface area (Å²) in [5.41, 5.74) is 4.92. The lowest BCUT2D eigenvalue weighted by Crippen LogP contribution is -1.95. The molecule has 1 N–H and O–H groups in total. The van der Waals surface area contributed by atoms with Gasteiger partial charge in [0.2, 0.25) is 0 Å². The Balaban J connectivity index is 1.91. The molecule has 0 saturated carbocycles. The first-order chi connectivity index (χ1) is 10.8. The predicted molar refractivity (Wildman–Crippen MR) is 95.9 cm³/mol. The fraction of sp³-hybridized carbons (Fsp3) is 0.0556. The van der Waals surface area contributed by atoms with Gasteiger partial charge in [-0.2, -0.15) is 5.10 Å². The van der Waals surface area contributed by atoms with Gasteiger partial charge in [0.15, 0.2) is 0 Å². The smallest absolute Gasteiger partial charge is 0.128 e. The highest BCUT2D eigenvalue weighted by Crippen LogP contribution is 2.26. The van der Waals surface area contributed by atoms with E-state index in [1.807, 2.05) is 48.5 Å². The third kappa shape index (κ3) is 3.12. The van der Waals surface area contributed by atoms with Crippen molar-refractivity contribution in [2.75, 3.05) is 12.5 Å². The second kappa shape index (κ2) is 6.62. The third-order valence-electron chi connectivity index (χ3n) is 3.38. The molecule has 3 nitrogen and oxygen atoms in total. The van der Waals surface area contributed by atoms with Gasteiger partial charge in [-0.05, 0) is 41.1 Å². The van der Waals surface area contributed by atoms with E-state index in [0.29, 0.717) is 0 Å². The molecule has 0 heterocycles. The molecule has 0 radical (unpaired) electrons. The van der Waals surface area contributed by atoms with Crippen LogP contribution in [0.15, 0.2) is 70.2 Å². The molecule has 3 rings (SSSR count). The molecular formula is C18H15BrN2O. The van der Waals surface area contributed by atoms with E-state index in [9.17, 15) is 0 Å². The summed E-state index contributed by atoms with van der Waals surface area (Å²) in [7, 11) is 1.67. The molecule has 0 amide bonds. The molecule has 0 bridgehead atoms. The van der Waals surface area contributed by atoms with Gasteiger partial charge in [-0.15, -0.1) is 0 Å². The molecule has 3 aromatic carbocycles. The van der Waals surface area contributed by atoms with Gasteiger partial charge < -0.3 is 4.74 Å². The number of fused-ring (bicyclic) bond motifs is 1. The summed E-state index contributed by atoms with van der Waals surface area (Å²) >= 11 is 3.41. The molecule has 22 heavy (non-hydrogen) atoms. The number of rotatable bonds is 4. The fourth-order valence-electron chi connectivity index (χ4n) is 2.28. The number of halogens is 1. The van der Waals surface area contributed by atoms with Crippen LogP contribution < -0.4 is 10.2 Å². The Morgan fingerprint density at radius 3 is 2.55 bits per heavy atom. The average Bonchev–Trinajstić information content (AvgIpc) is 2.56. The highest BCUT2D eigenvalue weighted by molar-refractivity contribution is 9.10.